The predicted octanol–water partition coefficient (Wildman–Crippen LogP) is 0.480. The number of sulfone groups is 1. The van der Waals surface area contributed by atoms with E-state index in [1.165, 1.54) is 0 Å². The first-order valence-electron chi connectivity index (χ1n) is 4.59. The lowest BCUT2D eigenvalue weighted by Crippen LogP contribution is -2.28. The van der Waals surface area contributed by atoms with Gasteiger partial charge in [0.2, 0.25) is 0 Å². The standard InChI is InChI=1S/C8H17NO3S/c1-7(12-9)5-8-3-2-4-13(10,11)6-8/h7-8H,2-6,9H2,1H3. The lowest BCUT2D eigenvalue weighted by Gasteiger charge is -2.23. The Hall–Kier alpha value is -0.130. The van der Waals surface area contributed by atoms with E-state index in [9.17, 15) is 8.42 Å². The molecule has 1 fully saturated rings. The summed E-state index contributed by atoms with van der Waals surface area (Å²) >= 11 is 0. The Morgan fingerprint density at radius 3 is 2.85 bits per heavy atom. The van der Waals surface area contributed by atoms with Gasteiger partial charge in [0.25, 0.3) is 0 Å². The third-order valence-corrected chi connectivity index (χ3v) is 4.34. The van der Waals surface area contributed by atoms with Crippen LogP contribution < -0.4 is 5.90 Å². The Labute approximate surface area is 79.3 Å². The number of rotatable bonds is 3. The second-order valence-electron chi connectivity index (χ2n) is 3.81. The summed E-state index contributed by atoms with van der Waals surface area (Å²) in [6, 6.07) is 0. The molecule has 2 N–H and O–H groups in total. The van der Waals surface area contributed by atoms with Crippen LogP contribution in [-0.2, 0) is 14.7 Å². The van der Waals surface area contributed by atoms with E-state index in [4.69, 9.17) is 5.90 Å². The molecule has 2 unspecified atom stereocenters. The van der Waals surface area contributed by atoms with Gasteiger partial charge in [-0.1, -0.05) is 0 Å². The largest absolute Gasteiger partial charge is 0.302 e. The molecule has 2 atom stereocenters. The highest BCUT2D eigenvalue weighted by molar-refractivity contribution is 7.91. The van der Waals surface area contributed by atoms with E-state index in [0.717, 1.165) is 19.3 Å². The molecule has 0 aromatic carbocycles. The average Bonchev–Trinajstić information content (AvgIpc) is 2.02. The molecule has 0 radical (unpaired) electrons. The molecule has 13 heavy (non-hydrogen) atoms. The Kier molecular flexibility index (Phi) is 3.70. The molecule has 1 aliphatic heterocycles. The topological polar surface area (TPSA) is 69.4 Å². The van der Waals surface area contributed by atoms with E-state index < -0.39 is 9.84 Å². The zero-order chi connectivity index (χ0) is 9.90. The van der Waals surface area contributed by atoms with Gasteiger partial charge in [-0.2, -0.15) is 0 Å². The first kappa shape index (κ1) is 10.9. The van der Waals surface area contributed by atoms with Gasteiger partial charge < -0.3 is 4.84 Å². The predicted molar refractivity (Wildman–Crippen MR) is 50.7 cm³/mol. The summed E-state index contributed by atoms with van der Waals surface area (Å²) in [5.74, 6) is 5.90. The average molecular weight is 207 g/mol. The molecule has 0 saturated carbocycles. The summed E-state index contributed by atoms with van der Waals surface area (Å²) < 4.78 is 22.5. The zero-order valence-corrected chi connectivity index (χ0v) is 8.72. The van der Waals surface area contributed by atoms with Crippen molar-refractivity contribution in [1.29, 1.82) is 0 Å². The number of hydrogen-bond donors (Lipinski definition) is 1. The third kappa shape index (κ3) is 3.62. The second kappa shape index (κ2) is 4.39. The van der Waals surface area contributed by atoms with Crippen molar-refractivity contribution in [3.05, 3.63) is 0 Å². The molecule has 1 saturated heterocycles. The van der Waals surface area contributed by atoms with Crippen molar-refractivity contribution < 1.29 is 13.3 Å². The lowest BCUT2D eigenvalue weighted by molar-refractivity contribution is 0.0495. The minimum absolute atomic E-state index is 0.0432. The molecule has 1 heterocycles. The quantitative estimate of drug-likeness (QED) is 0.683. The lowest BCUT2D eigenvalue weighted by atomic mass is 9.99. The van der Waals surface area contributed by atoms with Crippen LogP contribution in [-0.4, -0.2) is 26.0 Å². The highest BCUT2D eigenvalue weighted by Gasteiger charge is 2.25. The molecule has 4 nitrogen and oxygen atoms in total. The molecule has 5 heteroatoms. The van der Waals surface area contributed by atoms with Crippen molar-refractivity contribution in [2.75, 3.05) is 11.5 Å². The highest BCUT2D eigenvalue weighted by Crippen LogP contribution is 2.22. The summed E-state index contributed by atoms with van der Waals surface area (Å²) in [6.07, 6.45) is 2.46. The number of nitrogens with two attached hydrogens (primary N) is 1. The second-order valence-corrected chi connectivity index (χ2v) is 6.03. The fourth-order valence-electron chi connectivity index (χ4n) is 1.83. The zero-order valence-electron chi connectivity index (χ0n) is 7.90. The van der Waals surface area contributed by atoms with Crippen molar-refractivity contribution in [3.8, 4) is 0 Å². The maximum atomic E-state index is 11.3. The smallest absolute Gasteiger partial charge is 0.150 e. The fraction of sp³-hybridized carbons (Fsp3) is 1.00. The van der Waals surface area contributed by atoms with Gasteiger partial charge in [0.05, 0.1) is 17.6 Å². The van der Waals surface area contributed by atoms with Gasteiger partial charge in [0.15, 0.2) is 9.84 Å². The fourth-order valence-corrected chi connectivity index (χ4v) is 3.62. The monoisotopic (exact) mass is 207 g/mol. The molecule has 0 aromatic rings. The highest BCUT2D eigenvalue weighted by atomic mass is 32.2. The molecule has 0 aromatic heterocycles. The molecule has 0 spiro atoms. The van der Waals surface area contributed by atoms with Crippen LogP contribution in [0, 0.1) is 5.92 Å². The number of hydrogen-bond acceptors (Lipinski definition) is 4. The van der Waals surface area contributed by atoms with Crippen LogP contribution in [0.4, 0.5) is 0 Å². The Morgan fingerprint density at radius 1 is 1.62 bits per heavy atom. The molecule has 1 aliphatic rings. The molecule has 0 bridgehead atoms. The third-order valence-electron chi connectivity index (χ3n) is 2.45. The first-order valence-corrected chi connectivity index (χ1v) is 6.41. The van der Waals surface area contributed by atoms with Crippen molar-refractivity contribution in [2.24, 2.45) is 11.8 Å². The normalized spacial score (nSPS) is 29.8. The van der Waals surface area contributed by atoms with Crippen molar-refractivity contribution in [1.82, 2.24) is 0 Å². The first-order chi connectivity index (χ1) is 6.03. The van der Waals surface area contributed by atoms with Gasteiger partial charge in [0, 0.05) is 0 Å². The molecule has 78 valence electrons. The van der Waals surface area contributed by atoms with Crippen molar-refractivity contribution >= 4 is 9.84 Å². The summed E-state index contributed by atoms with van der Waals surface area (Å²) in [5.41, 5.74) is 0. The van der Waals surface area contributed by atoms with Crippen LogP contribution in [0.1, 0.15) is 26.2 Å². The summed E-state index contributed by atoms with van der Waals surface area (Å²) in [6.45, 7) is 1.86. The van der Waals surface area contributed by atoms with E-state index in [2.05, 4.69) is 4.84 Å². The molecule has 0 aliphatic carbocycles. The van der Waals surface area contributed by atoms with E-state index >= 15 is 0 Å². The van der Waals surface area contributed by atoms with Crippen LogP contribution in [0.2, 0.25) is 0 Å². The Bertz CT molecular complexity index is 250. The maximum Gasteiger partial charge on any atom is 0.150 e. The van der Waals surface area contributed by atoms with Gasteiger partial charge in [-0.3, -0.25) is 0 Å². The summed E-state index contributed by atoms with van der Waals surface area (Å²) in [7, 11) is -2.78. The molecular weight excluding hydrogens is 190 g/mol. The summed E-state index contributed by atoms with van der Waals surface area (Å²) in [4.78, 5) is 4.63. The van der Waals surface area contributed by atoms with Gasteiger partial charge in [0.1, 0.15) is 0 Å². The van der Waals surface area contributed by atoms with Gasteiger partial charge >= 0.3 is 0 Å². The van der Waals surface area contributed by atoms with Crippen molar-refractivity contribution in [2.45, 2.75) is 32.3 Å². The van der Waals surface area contributed by atoms with E-state index in [-0.39, 0.29) is 12.0 Å². The molecular formula is C8H17NO3S. The van der Waals surface area contributed by atoms with Gasteiger partial charge in [-0.05, 0) is 32.1 Å². The Morgan fingerprint density at radius 2 is 2.31 bits per heavy atom. The minimum atomic E-state index is -2.78. The van der Waals surface area contributed by atoms with Crippen LogP contribution in [0.25, 0.3) is 0 Å². The maximum absolute atomic E-state index is 11.3. The van der Waals surface area contributed by atoms with Gasteiger partial charge in [-0.25, -0.2) is 14.3 Å². The molecule has 1 rings (SSSR count). The van der Waals surface area contributed by atoms with Crippen molar-refractivity contribution in [3.63, 3.8) is 0 Å². The molecule has 0 amide bonds. The van der Waals surface area contributed by atoms with Crippen LogP contribution in [0.3, 0.4) is 0 Å². The van der Waals surface area contributed by atoms with E-state index in [1.807, 2.05) is 6.92 Å². The Balaban J connectivity index is 2.43. The van der Waals surface area contributed by atoms with Crippen LogP contribution in [0.15, 0.2) is 0 Å². The minimum Gasteiger partial charge on any atom is -0.302 e. The van der Waals surface area contributed by atoms with E-state index in [0.29, 0.717) is 11.5 Å². The van der Waals surface area contributed by atoms with Crippen LogP contribution in [0.5, 0.6) is 0 Å². The summed E-state index contributed by atoms with van der Waals surface area (Å²) in [5, 5.41) is 0. The van der Waals surface area contributed by atoms with Crippen LogP contribution >= 0.6 is 0 Å². The van der Waals surface area contributed by atoms with Gasteiger partial charge in [-0.15, -0.1) is 0 Å². The van der Waals surface area contributed by atoms with E-state index in [1.54, 1.807) is 0 Å². The SMILES string of the molecule is CC(CC1CCCS(=O)(=O)C1)ON.